The van der Waals surface area contributed by atoms with E-state index in [4.69, 9.17) is 0 Å². The highest BCUT2D eigenvalue weighted by Gasteiger charge is 1.92. The molecule has 1 heterocycles. The van der Waals surface area contributed by atoms with Gasteiger partial charge in [-0.2, -0.15) is 0 Å². The second-order valence-electron chi connectivity index (χ2n) is 3.06. The Kier molecular flexibility index (Phi) is 5.56. The molecule has 0 fully saturated rings. The third kappa shape index (κ3) is 5.92. The maximum absolute atomic E-state index is 4.14. The van der Waals surface area contributed by atoms with E-state index < -0.39 is 0 Å². The topological polar surface area (TPSA) is 12.4 Å². The van der Waals surface area contributed by atoms with E-state index >= 15 is 0 Å². The van der Waals surface area contributed by atoms with Gasteiger partial charge in [0.25, 0.3) is 0 Å². The van der Waals surface area contributed by atoms with Gasteiger partial charge < -0.3 is 0 Å². The van der Waals surface area contributed by atoms with E-state index in [-0.39, 0.29) is 0 Å². The van der Waals surface area contributed by atoms with E-state index in [1.807, 2.05) is 24.4 Å². The van der Waals surface area contributed by atoms with Gasteiger partial charge in [0.2, 0.25) is 0 Å². The molecule has 0 aliphatic carbocycles. The SMILES string of the molecule is C=C1/C=C\C=C/CC/C=C\N=C/C(=C)S1. The summed E-state index contributed by atoms with van der Waals surface area (Å²) in [7, 11) is 0. The van der Waals surface area contributed by atoms with Crippen LogP contribution in [0.4, 0.5) is 0 Å². The summed E-state index contributed by atoms with van der Waals surface area (Å²) in [5.41, 5.74) is 0. The summed E-state index contributed by atoms with van der Waals surface area (Å²) in [6.45, 7) is 7.80. The molecule has 1 nitrogen and oxygen atoms in total. The third-order valence-electron chi connectivity index (χ3n) is 1.70. The van der Waals surface area contributed by atoms with Crippen LogP contribution >= 0.6 is 11.8 Å². The average Bonchev–Trinajstić information content (AvgIpc) is 2.21. The fourth-order valence-corrected chi connectivity index (χ4v) is 1.62. The zero-order valence-electron chi connectivity index (χ0n) is 8.73. The lowest BCUT2D eigenvalue weighted by Gasteiger charge is -1.97. The van der Waals surface area contributed by atoms with Gasteiger partial charge in [0, 0.05) is 22.2 Å². The Balaban J connectivity index is 2.68. The van der Waals surface area contributed by atoms with E-state index in [0.29, 0.717) is 0 Å². The largest absolute Gasteiger partial charge is 0.264 e. The second-order valence-corrected chi connectivity index (χ2v) is 4.32. The summed E-state index contributed by atoms with van der Waals surface area (Å²) in [6.07, 6.45) is 15.8. The minimum absolute atomic E-state index is 0.900. The highest BCUT2D eigenvalue weighted by atomic mass is 32.2. The van der Waals surface area contributed by atoms with Crippen LogP contribution in [0.1, 0.15) is 12.8 Å². The van der Waals surface area contributed by atoms with Crippen molar-refractivity contribution in [3.63, 3.8) is 0 Å². The zero-order valence-corrected chi connectivity index (χ0v) is 9.54. The molecule has 0 unspecified atom stereocenters. The quantitative estimate of drug-likeness (QED) is 0.591. The van der Waals surface area contributed by atoms with Crippen molar-refractivity contribution in [3.8, 4) is 0 Å². The molecule has 2 heteroatoms. The summed E-state index contributed by atoms with van der Waals surface area (Å²) in [4.78, 5) is 6.01. The first kappa shape index (κ1) is 11.8. The Bertz CT molecular complexity index is 312. The van der Waals surface area contributed by atoms with E-state index in [0.717, 1.165) is 22.7 Å². The molecule has 0 atom stereocenters. The van der Waals surface area contributed by atoms with Crippen LogP contribution in [0.15, 0.2) is 64.5 Å². The predicted octanol–water partition coefficient (Wildman–Crippen LogP) is 4.24. The first-order valence-corrected chi connectivity index (χ1v) is 5.68. The maximum Gasteiger partial charge on any atom is 0.0401 e. The molecule has 0 radical (unpaired) electrons. The van der Waals surface area contributed by atoms with Gasteiger partial charge >= 0.3 is 0 Å². The minimum atomic E-state index is 0.900. The number of nitrogens with zero attached hydrogens (tertiary/aromatic N) is 1. The number of allylic oxidation sites excluding steroid dienone is 6. The van der Waals surface area contributed by atoms with Crippen molar-refractivity contribution >= 4 is 18.0 Å². The smallest absolute Gasteiger partial charge is 0.0401 e. The fraction of sp³-hybridized carbons (Fsp3) is 0.154. The number of aliphatic imine (C=N–C) groups is 1. The fourth-order valence-electron chi connectivity index (χ4n) is 1.02. The van der Waals surface area contributed by atoms with Gasteiger partial charge in [-0.25, -0.2) is 0 Å². The molecule has 1 aliphatic rings. The molecule has 0 amide bonds. The van der Waals surface area contributed by atoms with E-state index in [1.165, 1.54) is 11.8 Å². The van der Waals surface area contributed by atoms with Crippen molar-refractivity contribution in [3.05, 3.63) is 59.5 Å². The molecular weight excluding hydrogens is 202 g/mol. The monoisotopic (exact) mass is 217 g/mol. The van der Waals surface area contributed by atoms with Crippen molar-refractivity contribution in [1.29, 1.82) is 0 Å². The van der Waals surface area contributed by atoms with Crippen molar-refractivity contribution in [2.75, 3.05) is 0 Å². The van der Waals surface area contributed by atoms with Crippen LogP contribution in [-0.2, 0) is 0 Å². The molecule has 0 bridgehead atoms. The summed E-state index contributed by atoms with van der Waals surface area (Å²) < 4.78 is 0. The van der Waals surface area contributed by atoms with Gasteiger partial charge in [-0.15, -0.1) is 0 Å². The molecular formula is C13H15NS. The molecule has 0 saturated heterocycles. The summed E-state index contributed by atoms with van der Waals surface area (Å²) in [5, 5.41) is 0. The first-order chi connectivity index (χ1) is 7.29. The van der Waals surface area contributed by atoms with Crippen molar-refractivity contribution in [2.24, 2.45) is 4.99 Å². The van der Waals surface area contributed by atoms with Gasteiger partial charge in [0.1, 0.15) is 0 Å². The second kappa shape index (κ2) is 7.07. The molecule has 0 saturated carbocycles. The van der Waals surface area contributed by atoms with E-state index in [1.54, 1.807) is 6.21 Å². The molecule has 15 heavy (non-hydrogen) atoms. The van der Waals surface area contributed by atoms with E-state index in [2.05, 4.69) is 30.3 Å². The molecule has 0 spiro atoms. The number of hydrogen-bond acceptors (Lipinski definition) is 2. The molecule has 78 valence electrons. The van der Waals surface area contributed by atoms with Crippen LogP contribution in [-0.4, -0.2) is 6.21 Å². The first-order valence-electron chi connectivity index (χ1n) is 4.86. The zero-order chi connectivity index (χ0) is 10.9. The molecule has 1 rings (SSSR count). The van der Waals surface area contributed by atoms with Crippen LogP contribution < -0.4 is 0 Å². The van der Waals surface area contributed by atoms with Gasteiger partial charge in [0.05, 0.1) is 0 Å². The molecule has 0 aromatic carbocycles. The lowest BCUT2D eigenvalue weighted by Crippen LogP contribution is -1.75. The Hall–Kier alpha value is -1.28. The molecule has 1 aliphatic heterocycles. The van der Waals surface area contributed by atoms with Gasteiger partial charge in [-0.05, 0) is 18.9 Å². The van der Waals surface area contributed by atoms with Crippen molar-refractivity contribution in [1.82, 2.24) is 0 Å². The highest BCUT2D eigenvalue weighted by Crippen LogP contribution is 2.22. The van der Waals surface area contributed by atoms with E-state index in [9.17, 15) is 0 Å². The minimum Gasteiger partial charge on any atom is -0.264 e. The lowest BCUT2D eigenvalue weighted by molar-refractivity contribution is 1.05. The predicted molar refractivity (Wildman–Crippen MR) is 71.0 cm³/mol. The number of rotatable bonds is 0. The van der Waals surface area contributed by atoms with Crippen LogP contribution in [0, 0.1) is 0 Å². The normalized spacial score (nSPS) is 26.9. The van der Waals surface area contributed by atoms with Gasteiger partial charge in [-0.1, -0.05) is 49.2 Å². The Labute approximate surface area is 95.7 Å². The van der Waals surface area contributed by atoms with Gasteiger partial charge in [-0.3, -0.25) is 4.99 Å². The molecule has 0 aromatic heterocycles. The van der Waals surface area contributed by atoms with Crippen LogP contribution in [0.3, 0.4) is 0 Å². The average molecular weight is 217 g/mol. The Morgan fingerprint density at radius 3 is 2.73 bits per heavy atom. The standard InChI is InChI=1S/C13H15NS/c1-12-9-7-5-3-4-6-8-10-14-11-13(2)15-12/h3,5,7-11H,1-2,4,6H2/b5-3-,9-7-,10-8-,14-11-. The highest BCUT2D eigenvalue weighted by molar-refractivity contribution is 8.07. The molecule has 0 N–H and O–H groups in total. The Morgan fingerprint density at radius 1 is 1.07 bits per heavy atom. The number of hydrogen-bond donors (Lipinski definition) is 0. The van der Waals surface area contributed by atoms with Crippen LogP contribution in [0.25, 0.3) is 0 Å². The third-order valence-corrected chi connectivity index (χ3v) is 2.47. The summed E-state index contributed by atoms with van der Waals surface area (Å²) in [6, 6.07) is 0. The maximum atomic E-state index is 4.14. The Morgan fingerprint density at radius 2 is 1.87 bits per heavy atom. The van der Waals surface area contributed by atoms with Gasteiger partial charge in [0.15, 0.2) is 0 Å². The van der Waals surface area contributed by atoms with Crippen molar-refractivity contribution < 1.29 is 0 Å². The number of thioether (sulfide) groups is 1. The van der Waals surface area contributed by atoms with Crippen LogP contribution in [0.5, 0.6) is 0 Å². The summed E-state index contributed by atoms with van der Waals surface area (Å²) >= 11 is 1.53. The molecule has 0 aromatic rings. The van der Waals surface area contributed by atoms with Crippen LogP contribution in [0.2, 0.25) is 0 Å². The van der Waals surface area contributed by atoms with Crippen molar-refractivity contribution in [2.45, 2.75) is 12.8 Å². The lowest BCUT2D eigenvalue weighted by atomic mass is 10.3. The summed E-state index contributed by atoms with van der Waals surface area (Å²) in [5.74, 6) is 0.